The fourth-order valence-electron chi connectivity index (χ4n) is 2.80. The van der Waals surface area contributed by atoms with Gasteiger partial charge in [0.05, 0.1) is 0 Å². The van der Waals surface area contributed by atoms with Crippen molar-refractivity contribution in [2.75, 3.05) is 6.54 Å². The lowest BCUT2D eigenvalue weighted by Crippen LogP contribution is -1.99. The van der Waals surface area contributed by atoms with Crippen LogP contribution < -0.4 is 0 Å². The highest BCUT2D eigenvalue weighted by Gasteiger charge is 2.14. The number of H-pyrrole nitrogens is 1. The lowest BCUT2D eigenvalue weighted by molar-refractivity contribution is 0.680. The van der Waals surface area contributed by atoms with Crippen molar-refractivity contribution < 1.29 is 0 Å². The third-order valence-electron chi connectivity index (χ3n) is 3.73. The van der Waals surface area contributed by atoms with E-state index in [1.54, 1.807) is 0 Å². The number of nitrogens with one attached hydrogen (secondary N) is 1. The van der Waals surface area contributed by atoms with Crippen LogP contribution in [0.25, 0.3) is 21.3 Å². The predicted molar refractivity (Wildman–Crippen MR) is 80.4 cm³/mol. The number of rotatable bonds is 2. The van der Waals surface area contributed by atoms with Crippen LogP contribution in [0.4, 0.5) is 0 Å². The summed E-state index contributed by atoms with van der Waals surface area (Å²) < 4.78 is 0. The maximum Gasteiger partial charge on any atom is 0.0459 e. The van der Waals surface area contributed by atoms with Crippen molar-refractivity contribution in [2.24, 2.45) is 5.11 Å². The van der Waals surface area contributed by atoms with Gasteiger partial charge >= 0.3 is 0 Å². The summed E-state index contributed by atoms with van der Waals surface area (Å²) in [6.07, 6.45) is 5.50. The second-order valence-corrected chi connectivity index (χ2v) is 5.06. The Hall–Kier alpha value is -2.37. The van der Waals surface area contributed by atoms with E-state index in [1.807, 2.05) is 6.07 Å². The fourth-order valence-corrected chi connectivity index (χ4v) is 2.80. The predicted octanol–water partition coefficient (Wildman–Crippen LogP) is 4.10. The molecule has 1 N–H and O–H groups in total. The van der Waals surface area contributed by atoms with Gasteiger partial charge in [0, 0.05) is 40.0 Å². The number of benzene rings is 1. The third kappa shape index (κ3) is 2.49. The monoisotopic (exact) mass is 264 g/mol. The molecule has 1 heterocycles. The first-order valence-electron chi connectivity index (χ1n) is 7.01. The Morgan fingerprint density at radius 3 is 3.10 bits per heavy atom. The molecule has 20 heavy (non-hydrogen) atoms. The Labute approximate surface area is 117 Å². The number of nitrogens with zero attached hydrogens (tertiary/aromatic N) is 3. The van der Waals surface area contributed by atoms with Gasteiger partial charge in [0.25, 0.3) is 0 Å². The maximum absolute atomic E-state index is 8.20. The smallest absolute Gasteiger partial charge is 0.0459 e. The van der Waals surface area contributed by atoms with Gasteiger partial charge < -0.3 is 4.98 Å². The molecular formula is C16H16N4. The van der Waals surface area contributed by atoms with E-state index in [-0.39, 0.29) is 0 Å². The van der Waals surface area contributed by atoms with Gasteiger partial charge in [-0.1, -0.05) is 17.0 Å². The van der Waals surface area contributed by atoms with Crippen LogP contribution in [0.5, 0.6) is 0 Å². The van der Waals surface area contributed by atoms with Crippen molar-refractivity contribution in [1.82, 2.24) is 4.98 Å². The molecule has 0 unspecified atom stereocenters. The summed E-state index contributed by atoms with van der Waals surface area (Å²) >= 11 is 0. The molecule has 4 nitrogen and oxygen atoms in total. The number of fused-ring (bicyclic) bond motifs is 3. The van der Waals surface area contributed by atoms with Crippen molar-refractivity contribution in [1.29, 1.82) is 0 Å². The number of hydrogen-bond acceptors (Lipinski definition) is 1. The molecule has 0 bridgehead atoms. The highest BCUT2D eigenvalue weighted by atomic mass is 15.1. The molecule has 0 fully saturated rings. The van der Waals surface area contributed by atoms with Crippen LogP contribution in [-0.2, 0) is 12.8 Å². The summed E-state index contributed by atoms with van der Waals surface area (Å²) in [5, 5.41) is 4.80. The van der Waals surface area contributed by atoms with Crippen molar-refractivity contribution in [3.63, 3.8) is 0 Å². The largest absolute Gasteiger partial charge is 0.358 e. The first kappa shape index (κ1) is 12.7. The number of azide groups is 1. The molecule has 1 aliphatic rings. The second kappa shape index (κ2) is 5.73. The second-order valence-electron chi connectivity index (χ2n) is 5.06. The molecule has 3 rings (SSSR count). The Morgan fingerprint density at radius 1 is 1.30 bits per heavy atom. The molecule has 0 amide bonds. The molecule has 1 aromatic heterocycles. The zero-order chi connectivity index (χ0) is 13.8. The maximum atomic E-state index is 8.20. The fraction of sp³-hybridized carbons (Fsp3) is 0.375. The summed E-state index contributed by atoms with van der Waals surface area (Å²) in [5.41, 5.74) is 13.3. The first-order valence-corrected chi connectivity index (χ1v) is 7.01. The van der Waals surface area contributed by atoms with Gasteiger partial charge in [-0.25, -0.2) is 0 Å². The van der Waals surface area contributed by atoms with Crippen LogP contribution in [0, 0.1) is 11.8 Å². The lowest BCUT2D eigenvalue weighted by atomic mass is 9.95. The van der Waals surface area contributed by atoms with E-state index in [1.165, 1.54) is 41.4 Å². The standard InChI is InChI=1S/C16H16N4/c17-20-18-10-4-3-5-12-8-9-16-14(11-12)13-6-1-2-7-15(13)19-16/h8-9,11,19H,1-2,4,6-7,10H2. The first-order chi connectivity index (χ1) is 9.88. The van der Waals surface area contributed by atoms with Gasteiger partial charge in [0.1, 0.15) is 0 Å². The van der Waals surface area contributed by atoms with Gasteiger partial charge in [0.2, 0.25) is 0 Å². The number of hydrogen-bond donors (Lipinski definition) is 1. The molecule has 0 radical (unpaired) electrons. The van der Waals surface area contributed by atoms with Crippen LogP contribution in [0.3, 0.4) is 0 Å². The van der Waals surface area contributed by atoms with E-state index in [9.17, 15) is 0 Å². The molecule has 2 aromatic rings. The molecular weight excluding hydrogens is 248 g/mol. The summed E-state index contributed by atoms with van der Waals surface area (Å²) in [4.78, 5) is 6.24. The van der Waals surface area contributed by atoms with Crippen LogP contribution in [0.2, 0.25) is 0 Å². The highest BCUT2D eigenvalue weighted by Crippen LogP contribution is 2.29. The lowest BCUT2D eigenvalue weighted by Gasteiger charge is -2.10. The molecule has 0 saturated heterocycles. The van der Waals surface area contributed by atoms with Crippen LogP contribution in [0.15, 0.2) is 23.3 Å². The van der Waals surface area contributed by atoms with Gasteiger partial charge in [-0.2, -0.15) is 0 Å². The summed E-state index contributed by atoms with van der Waals surface area (Å²) in [6, 6.07) is 6.34. The highest BCUT2D eigenvalue weighted by molar-refractivity contribution is 5.86. The summed E-state index contributed by atoms with van der Waals surface area (Å²) in [6.45, 7) is 0.436. The Kier molecular flexibility index (Phi) is 3.62. The van der Waals surface area contributed by atoms with Crippen molar-refractivity contribution in [2.45, 2.75) is 32.1 Å². The van der Waals surface area contributed by atoms with E-state index in [2.05, 4.69) is 39.0 Å². The third-order valence-corrected chi connectivity index (χ3v) is 3.73. The van der Waals surface area contributed by atoms with Gasteiger partial charge in [-0.15, -0.1) is 0 Å². The van der Waals surface area contributed by atoms with Gasteiger partial charge in [-0.3, -0.25) is 0 Å². The molecule has 0 spiro atoms. The summed E-state index contributed by atoms with van der Waals surface area (Å²) in [5.74, 6) is 6.19. The zero-order valence-corrected chi connectivity index (χ0v) is 11.3. The Balaban J connectivity index is 1.88. The van der Waals surface area contributed by atoms with Gasteiger partial charge in [0.15, 0.2) is 0 Å². The Morgan fingerprint density at radius 2 is 2.20 bits per heavy atom. The SMILES string of the molecule is [N-]=[N+]=NCCC#Cc1ccc2[nH]c3c(c2c1)CCCC3. The van der Waals surface area contributed by atoms with Crippen molar-refractivity contribution in [3.05, 3.63) is 45.5 Å². The zero-order valence-electron chi connectivity index (χ0n) is 11.3. The van der Waals surface area contributed by atoms with E-state index in [4.69, 9.17) is 5.53 Å². The van der Waals surface area contributed by atoms with E-state index >= 15 is 0 Å². The van der Waals surface area contributed by atoms with Crippen molar-refractivity contribution in [3.8, 4) is 11.8 Å². The van der Waals surface area contributed by atoms with Crippen LogP contribution in [0.1, 0.15) is 36.1 Å². The van der Waals surface area contributed by atoms with Crippen LogP contribution >= 0.6 is 0 Å². The average molecular weight is 264 g/mol. The van der Waals surface area contributed by atoms with Crippen molar-refractivity contribution >= 4 is 10.9 Å². The normalized spacial score (nSPS) is 13.2. The number of aromatic nitrogens is 1. The molecule has 0 atom stereocenters. The summed E-state index contributed by atoms with van der Waals surface area (Å²) in [7, 11) is 0. The van der Waals surface area contributed by atoms with E-state index in [0.717, 1.165) is 12.0 Å². The minimum Gasteiger partial charge on any atom is -0.358 e. The van der Waals surface area contributed by atoms with E-state index in [0.29, 0.717) is 13.0 Å². The van der Waals surface area contributed by atoms with E-state index < -0.39 is 0 Å². The molecule has 100 valence electrons. The topological polar surface area (TPSA) is 64.6 Å². The molecule has 1 aliphatic carbocycles. The van der Waals surface area contributed by atoms with Crippen LogP contribution in [-0.4, -0.2) is 11.5 Å². The minimum absolute atomic E-state index is 0.436. The minimum atomic E-state index is 0.436. The quantitative estimate of drug-likeness (QED) is 0.279. The molecule has 0 saturated carbocycles. The number of aromatic amines is 1. The Bertz CT molecular complexity index is 739. The molecule has 0 aliphatic heterocycles. The van der Waals surface area contributed by atoms with Gasteiger partial charge in [-0.05, 0) is 55.0 Å². The average Bonchev–Trinajstić information content (AvgIpc) is 2.85. The molecule has 4 heteroatoms. The molecule has 1 aromatic carbocycles. The number of aryl methyl sites for hydroxylation is 2.